The molecule has 2 rings (SSSR count). The van der Waals surface area contributed by atoms with E-state index in [1.54, 1.807) is 12.1 Å². The van der Waals surface area contributed by atoms with Crippen molar-refractivity contribution in [1.29, 1.82) is 0 Å². The molecule has 0 radical (unpaired) electrons. The van der Waals surface area contributed by atoms with Crippen molar-refractivity contribution < 1.29 is 14.6 Å². The summed E-state index contributed by atoms with van der Waals surface area (Å²) in [5.74, 6) is 0.534. The largest absolute Gasteiger partial charge is 0.504 e. The lowest BCUT2D eigenvalue weighted by molar-refractivity contribution is -0.124. The SMILES string of the molecule is CC(C)C(C)NC(=O)COc1cc2ccccc2cc1O. The predicted molar refractivity (Wildman–Crippen MR) is 83.6 cm³/mol. The molecule has 0 fully saturated rings. The molecule has 112 valence electrons. The lowest BCUT2D eigenvalue weighted by Crippen LogP contribution is -2.38. The van der Waals surface area contributed by atoms with E-state index in [1.807, 2.05) is 45.0 Å². The number of aromatic hydroxyl groups is 1. The van der Waals surface area contributed by atoms with Crippen LogP contribution in [0, 0.1) is 5.92 Å². The highest BCUT2D eigenvalue weighted by atomic mass is 16.5. The van der Waals surface area contributed by atoms with Gasteiger partial charge in [-0.05, 0) is 35.7 Å². The molecule has 4 heteroatoms. The molecule has 0 aliphatic heterocycles. The van der Waals surface area contributed by atoms with Gasteiger partial charge in [-0.25, -0.2) is 0 Å². The van der Waals surface area contributed by atoms with E-state index in [0.717, 1.165) is 10.8 Å². The van der Waals surface area contributed by atoms with Crippen LogP contribution in [0.1, 0.15) is 20.8 Å². The van der Waals surface area contributed by atoms with Gasteiger partial charge in [0, 0.05) is 6.04 Å². The minimum atomic E-state index is -0.191. The molecule has 4 nitrogen and oxygen atoms in total. The number of rotatable bonds is 5. The van der Waals surface area contributed by atoms with E-state index in [1.165, 1.54) is 0 Å². The van der Waals surface area contributed by atoms with E-state index in [9.17, 15) is 9.90 Å². The molecule has 1 atom stereocenters. The Hall–Kier alpha value is -2.23. The molecule has 21 heavy (non-hydrogen) atoms. The van der Waals surface area contributed by atoms with Gasteiger partial charge in [-0.2, -0.15) is 0 Å². The number of amides is 1. The van der Waals surface area contributed by atoms with Crippen LogP contribution in [0.2, 0.25) is 0 Å². The minimum Gasteiger partial charge on any atom is -0.504 e. The van der Waals surface area contributed by atoms with Crippen molar-refractivity contribution in [3.8, 4) is 11.5 Å². The van der Waals surface area contributed by atoms with Crippen LogP contribution in [-0.2, 0) is 4.79 Å². The number of hydrogen-bond acceptors (Lipinski definition) is 3. The van der Waals surface area contributed by atoms with Gasteiger partial charge in [-0.3, -0.25) is 4.79 Å². The molecule has 0 spiro atoms. The van der Waals surface area contributed by atoms with Gasteiger partial charge in [0.25, 0.3) is 5.91 Å². The first-order valence-electron chi connectivity index (χ1n) is 7.11. The molecule has 0 aliphatic carbocycles. The van der Waals surface area contributed by atoms with Crippen LogP contribution < -0.4 is 10.1 Å². The van der Waals surface area contributed by atoms with E-state index in [0.29, 0.717) is 11.7 Å². The zero-order chi connectivity index (χ0) is 15.4. The maximum atomic E-state index is 11.8. The number of carbonyl (C=O) groups excluding carboxylic acids is 1. The third-order valence-corrected chi connectivity index (χ3v) is 3.57. The molecule has 1 amide bonds. The summed E-state index contributed by atoms with van der Waals surface area (Å²) in [4.78, 5) is 11.8. The number of phenols is 1. The quantitative estimate of drug-likeness (QED) is 0.888. The van der Waals surface area contributed by atoms with E-state index in [4.69, 9.17) is 4.74 Å². The second kappa shape index (κ2) is 6.48. The first kappa shape index (κ1) is 15.2. The summed E-state index contributed by atoms with van der Waals surface area (Å²) in [7, 11) is 0. The lowest BCUT2D eigenvalue weighted by Gasteiger charge is -2.17. The van der Waals surface area contributed by atoms with Gasteiger partial charge in [0.15, 0.2) is 18.1 Å². The van der Waals surface area contributed by atoms with E-state index < -0.39 is 0 Å². The fraction of sp³-hybridized carbons (Fsp3) is 0.353. The highest BCUT2D eigenvalue weighted by molar-refractivity contribution is 5.86. The molecule has 0 saturated carbocycles. The Bertz CT molecular complexity index is 637. The molecule has 0 aromatic heterocycles. The fourth-order valence-electron chi connectivity index (χ4n) is 1.93. The number of hydrogen-bond donors (Lipinski definition) is 2. The van der Waals surface area contributed by atoms with Crippen LogP contribution in [0.5, 0.6) is 11.5 Å². The molecule has 0 heterocycles. The van der Waals surface area contributed by atoms with Gasteiger partial charge in [0.1, 0.15) is 0 Å². The maximum Gasteiger partial charge on any atom is 0.258 e. The second-order valence-electron chi connectivity index (χ2n) is 5.56. The van der Waals surface area contributed by atoms with E-state index >= 15 is 0 Å². The maximum absolute atomic E-state index is 11.8. The summed E-state index contributed by atoms with van der Waals surface area (Å²) in [6.07, 6.45) is 0. The summed E-state index contributed by atoms with van der Waals surface area (Å²) in [6.45, 7) is 5.93. The second-order valence-corrected chi connectivity index (χ2v) is 5.56. The number of phenolic OH excluding ortho intramolecular Hbond substituents is 1. The monoisotopic (exact) mass is 287 g/mol. The summed E-state index contributed by atoms with van der Waals surface area (Å²) < 4.78 is 5.43. The van der Waals surface area contributed by atoms with Gasteiger partial charge in [-0.15, -0.1) is 0 Å². The highest BCUT2D eigenvalue weighted by Gasteiger charge is 2.12. The number of fused-ring (bicyclic) bond motifs is 1. The summed E-state index contributed by atoms with van der Waals surface area (Å²) in [6, 6.07) is 11.1. The summed E-state index contributed by atoms with van der Waals surface area (Å²) in [5, 5.41) is 14.7. The first-order valence-corrected chi connectivity index (χ1v) is 7.11. The van der Waals surface area contributed by atoms with Crippen molar-refractivity contribution in [1.82, 2.24) is 5.32 Å². The molecule has 2 N–H and O–H groups in total. The van der Waals surface area contributed by atoms with E-state index in [-0.39, 0.29) is 24.3 Å². The third-order valence-electron chi connectivity index (χ3n) is 3.57. The Balaban J connectivity index is 2.03. The Kier molecular flexibility index (Phi) is 4.68. The van der Waals surface area contributed by atoms with E-state index in [2.05, 4.69) is 5.32 Å². The fourth-order valence-corrected chi connectivity index (χ4v) is 1.93. The van der Waals surface area contributed by atoms with Gasteiger partial charge in [0.05, 0.1) is 0 Å². The van der Waals surface area contributed by atoms with Crippen molar-refractivity contribution in [2.45, 2.75) is 26.8 Å². The number of ether oxygens (including phenoxy) is 1. The lowest BCUT2D eigenvalue weighted by atomic mass is 10.1. The number of carbonyl (C=O) groups is 1. The first-order chi connectivity index (χ1) is 9.97. The van der Waals surface area contributed by atoms with Gasteiger partial charge < -0.3 is 15.2 Å². The van der Waals surface area contributed by atoms with Crippen molar-refractivity contribution in [2.24, 2.45) is 5.92 Å². The van der Waals surface area contributed by atoms with Crippen molar-refractivity contribution in [3.63, 3.8) is 0 Å². The highest BCUT2D eigenvalue weighted by Crippen LogP contribution is 2.31. The van der Waals surface area contributed by atoms with Crippen LogP contribution in [0.15, 0.2) is 36.4 Å². The Morgan fingerprint density at radius 2 is 1.81 bits per heavy atom. The van der Waals surface area contributed by atoms with Gasteiger partial charge in [0.2, 0.25) is 0 Å². The molecule has 2 aromatic rings. The molecule has 0 aliphatic rings. The number of nitrogens with one attached hydrogen (secondary N) is 1. The van der Waals surface area contributed by atoms with Gasteiger partial charge >= 0.3 is 0 Å². The zero-order valence-electron chi connectivity index (χ0n) is 12.6. The molecule has 0 bridgehead atoms. The van der Waals surface area contributed by atoms with Crippen LogP contribution >= 0.6 is 0 Å². The molecular weight excluding hydrogens is 266 g/mol. The molecule has 2 aromatic carbocycles. The van der Waals surface area contributed by atoms with Crippen LogP contribution in [0.3, 0.4) is 0 Å². The average Bonchev–Trinajstić information content (AvgIpc) is 2.44. The van der Waals surface area contributed by atoms with Crippen molar-refractivity contribution >= 4 is 16.7 Å². The minimum absolute atomic E-state index is 0.0402. The summed E-state index contributed by atoms with van der Waals surface area (Å²) in [5.41, 5.74) is 0. The van der Waals surface area contributed by atoms with Crippen LogP contribution in [0.4, 0.5) is 0 Å². The summed E-state index contributed by atoms with van der Waals surface area (Å²) >= 11 is 0. The van der Waals surface area contributed by atoms with Gasteiger partial charge in [-0.1, -0.05) is 38.1 Å². The molecule has 0 saturated heterocycles. The average molecular weight is 287 g/mol. The Labute approximate surface area is 124 Å². The van der Waals surface area contributed by atoms with Crippen LogP contribution in [-0.4, -0.2) is 23.7 Å². The Morgan fingerprint density at radius 1 is 1.19 bits per heavy atom. The molecular formula is C17H21NO3. The smallest absolute Gasteiger partial charge is 0.258 e. The molecule has 1 unspecified atom stereocenters. The van der Waals surface area contributed by atoms with Crippen molar-refractivity contribution in [2.75, 3.05) is 6.61 Å². The van der Waals surface area contributed by atoms with Crippen molar-refractivity contribution in [3.05, 3.63) is 36.4 Å². The standard InChI is InChI=1S/C17H21NO3/c1-11(2)12(3)18-17(20)10-21-16-9-14-7-5-4-6-13(14)8-15(16)19/h4-9,11-12,19H,10H2,1-3H3,(H,18,20). The topological polar surface area (TPSA) is 58.6 Å². The third kappa shape index (κ3) is 3.88. The predicted octanol–water partition coefficient (Wildman–Crippen LogP) is 3.08. The zero-order valence-corrected chi connectivity index (χ0v) is 12.6. The normalized spacial score (nSPS) is 12.4. The number of benzene rings is 2. The Morgan fingerprint density at radius 3 is 2.43 bits per heavy atom. The van der Waals surface area contributed by atoms with Crippen LogP contribution in [0.25, 0.3) is 10.8 Å².